The normalized spacial score (nSPS) is 28.1. The molecule has 1 fully saturated rings. The molecule has 2 N–H and O–H groups in total. The molecule has 2 unspecified atom stereocenters. The van der Waals surface area contributed by atoms with Gasteiger partial charge in [-0.15, -0.1) is 0 Å². The van der Waals surface area contributed by atoms with Gasteiger partial charge in [0.15, 0.2) is 11.6 Å². The van der Waals surface area contributed by atoms with Crippen LogP contribution in [0.3, 0.4) is 0 Å². The molecule has 8 heteroatoms. The Morgan fingerprint density at radius 3 is 1.53 bits per heavy atom. The first-order chi connectivity index (χ1) is 17.5. The van der Waals surface area contributed by atoms with Crippen LogP contribution in [0.25, 0.3) is 0 Å². The summed E-state index contributed by atoms with van der Waals surface area (Å²) in [5.74, 6) is 0.789. The first kappa shape index (κ1) is 24.0. The molecular formula is C28H30N2O6. The molecule has 5 rings (SSSR count). The minimum absolute atomic E-state index is 0.0289. The summed E-state index contributed by atoms with van der Waals surface area (Å²) in [6.07, 6.45) is 10.9. The summed E-state index contributed by atoms with van der Waals surface area (Å²) in [5.41, 5.74) is 0.496. The molecule has 2 aromatic heterocycles. The summed E-state index contributed by atoms with van der Waals surface area (Å²) in [4.78, 5) is 34.7. The molecule has 2 heterocycles. The molecular weight excluding hydrogens is 460 g/mol. The Morgan fingerprint density at radius 2 is 1.17 bits per heavy atom. The molecule has 36 heavy (non-hydrogen) atoms. The van der Waals surface area contributed by atoms with Gasteiger partial charge in [0.05, 0.1) is 35.8 Å². The molecule has 4 atom stereocenters. The number of hydrogen-bond acceptors (Lipinski definition) is 8. The standard InChI is InChI=1S/C28H30N2O6/c31-23-11-17(27-7-3-9-35-27)12-24(32)19(23)15-29-21-5-1-2-6-22(21)30-16-20-25(33)13-18(14-26(20)34)28-8-4-10-36-28/h3-4,7-10,15-18,21-22,31,33H,1-2,5-6,11-14H2/t17?,18?,21-,22+. The van der Waals surface area contributed by atoms with Crippen molar-refractivity contribution in [2.75, 3.05) is 0 Å². The summed E-state index contributed by atoms with van der Waals surface area (Å²) >= 11 is 0. The van der Waals surface area contributed by atoms with Crippen LogP contribution in [0.1, 0.15) is 74.7 Å². The molecule has 0 saturated heterocycles. The van der Waals surface area contributed by atoms with E-state index in [0.717, 1.165) is 25.7 Å². The maximum atomic E-state index is 12.7. The van der Waals surface area contributed by atoms with E-state index in [1.165, 1.54) is 12.4 Å². The van der Waals surface area contributed by atoms with Gasteiger partial charge >= 0.3 is 0 Å². The number of allylic oxidation sites excluding steroid dienone is 4. The van der Waals surface area contributed by atoms with E-state index >= 15 is 0 Å². The van der Waals surface area contributed by atoms with Crippen molar-refractivity contribution >= 4 is 24.0 Å². The highest BCUT2D eigenvalue weighted by Crippen LogP contribution is 2.35. The van der Waals surface area contributed by atoms with Crippen LogP contribution in [0.15, 0.2) is 78.3 Å². The summed E-state index contributed by atoms with van der Waals surface area (Å²) in [6, 6.07) is 6.85. The SMILES string of the molecule is O=C1CC(c2ccco2)CC(O)=C1C=N[C@H]1CCCC[C@H]1N=CC1=C(O)CC(c2ccco2)CC1=O. The molecule has 0 spiro atoms. The molecule has 0 bridgehead atoms. The zero-order valence-corrected chi connectivity index (χ0v) is 20.0. The number of carbonyl (C=O) groups is 2. The van der Waals surface area contributed by atoms with E-state index in [9.17, 15) is 19.8 Å². The Labute approximate surface area is 209 Å². The number of furan rings is 2. The van der Waals surface area contributed by atoms with Gasteiger partial charge in [0.2, 0.25) is 0 Å². The molecule has 0 amide bonds. The van der Waals surface area contributed by atoms with Gasteiger partial charge in [-0.2, -0.15) is 0 Å². The van der Waals surface area contributed by atoms with Crippen LogP contribution in [0.4, 0.5) is 0 Å². The fourth-order valence-corrected chi connectivity index (χ4v) is 5.34. The Hall–Kier alpha value is -3.68. The van der Waals surface area contributed by atoms with Crippen LogP contribution < -0.4 is 0 Å². The van der Waals surface area contributed by atoms with Gasteiger partial charge in [-0.05, 0) is 37.1 Å². The number of nitrogens with zero attached hydrogens (tertiary/aromatic N) is 2. The Kier molecular flexibility index (Phi) is 7.02. The van der Waals surface area contributed by atoms with Gasteiger partial charge in [0.25, 0.3) is 0 Å². The van der Waals surface area contributed by atoms with E-state index in [-0.39, 0.29) is 71.0 Å². The third kappa shape index (κ3) is 5.12. The highest BCUT2D eigenvalue weighted by Gasteiger charge is 2.32. The molecule has 8 nitrogen and oxygen atoms in total. The summed E-state index contributed by atoms with van der Waals surface area (Å²) in [7, 11) is 0. The van der Waals surface area contributed by atoms with Crippen molar-refractivity contribution in [2.45, 2.75) is 75.3 Å². The molecule has 3 aliphatic rings. The Morgan fingerprint density at radius 1 is 0.722 bits per heavy atom. The number of hydrogen-bond donors (Lipinski definition) is 2. The highest BCUT2D eigenvalue weighted by molar-refractivity contribution is 6.15. The van der Waals surface area contributed by atoms with Crippen molar-refractivity contribution in [1.29, 1.82) is 0 Å². The highest BCUT2D eigenvalue weighted by atomic mass is 16.3. The zero-order valence-electron chi connectivity index (χ0n) is 20.0. The minimum atomic E-state index is -0.168. The lowest BCUT2D eigenvalue weighted by Gasteiger charge is -2.26. The Bertz CT molecular complexity index is 1120. The number of aliphatic hydroxyl groups is 2. The topological polar surface area (TPSA) is 126 Å². The fourth-order valence-electron chi connectivity index (χ4n) is 5.34. The first-order valence-corrected chi connectivity index (χ1v) is 12.5. The van der Waals surface area contributed by atoms with Gasteiger partial charge in [-0.3, -0.25) is 19.6 Å². The van der Waals surface area contributed by atoms with Crippen molar-refractivity contribution in [3.63, 3.8) is 0 Å². The first-order valence-electron chi connectivity index (χ1n) is 12.5. The van der Waals surface area contributed by atoms with Gasteiger partial charge in [0.1, 0.15) is 23.0 Å². The van der Waals surface area contributed by atoms with Crippen LogP contribution in [0.2, 0.25) is 0 Å². The average Bonchev–Trinajstić information content (AvgIpc) is 3.58. The van der Waals surface area contributed by atoms with E-state index in [0.29, 0.717) is 24.4 Å². The predicted molar refractivity (Wildman–Crippen MR) is 134 cm³/mol. The van der Waals surface area contributed by atoms with Crippen LogP contribution in [0.5, 0.6) is 0 Å². The number of ketones is 2. The summed E-state index contributed by atoms with van der Waals surface area (Å²) in [5, 5.41) is 21.1. The van der Waals surface area contributed by atoms with Gasteiger partial charge < -0.3 is 19.0 Å². The molecule has 188 valence electrons. The molecule has 3 aliphatic carbocycles. The lowest BCUT2D eigenvalue weighted by atomic mass is 9.85. The number of carbonyl (C=O) groups excluding carboxylic acids is 2. The molecule has 1 saturated carbocycles. The van der Waals surface area contributed by atoms with Crippen LogP contribution in [-0.4, -0.2) is 46.3 Å². The maximum absolute atomic E-state index is 12.7. The Balaban J connectivity index is 1.28. The van der Waals surface area contributed by atoms with Crippen LogP contribution in [0, 0.1) is 0 Å². The molecule has 0 aromatic carbocycles. The second-order valence-electron chi connectivity index (χ2n) is 9.78. The number of aliphatic hydroxyl groups excluding tert-OH is 2. The predicted octanol–water partition coefficient (Wildman–Crippen LogP) is 5.54. The van der Waals surface area contributed by atoms with Gasteiger partial charge in [-0.25, -0.2) is 0 Å². The average molecular weight is 491 g/mol. The summed E-state index contributed by atoms with van der Waals surface area (Å²) in [6.45, 7) is 0. The molecule has 2 aromatic rings. The van der Waals surface area contributed by atoms with E-state index in [1.54, 1.807) is 24.7 Å². The zero-order chi connectivity index (χ0) is 25.1. The van der Waals surface area contributed by atoms with Crippen molar-refractivity contribution in [2.24, 2.45) is 9.98 Å². The van der Waals surface area contributed by atoms with Crippen molar-refractivity contribution < 1.29 is 28.6 Å². The number of Topliss-reactive ketones (excluding diaryl/α,β-unsaturated/α-hetero) is 2. The molecule has 0 radical (unpaired) electrons. The van der Waals surface area contributed by atoms with Crippen molar-refractivity contribution in [3.8, 4) is 0 Å². The van der Waals surface area contributed by atoms with Crippen molar-refractivity contribution in [1.82, 2.24) is 0 Å². The van der Waals surface area contributed by atoms with E-state index in [1.807, 2.05) is 12.1 Å². The summed E-state index contributed by atoms with van der Waals surface area (Å²) < 4.78 is 10.8. The van der Waals surface area contributed by atoms with Crippen molar-refractivity contribution in [3.05, 3.63) is 71.0 Å². The lowest BCUT2D eigenvalue weighted by molar-refractivity contribution is -0.117. The second-order valence-corrected chi connectivity index (χ2v) is 9.78. The van der Waals surface area contributed by atoms with Crippen LogP contribution >= 0.6 is 0 Å². The fraction of sp³-hybridized carbons (Fsp3) is 0.429. The van der Waals surface area contributed by atoms with Gasteiger partial charge in [-0.1, -0.05) is 12.8 Å². The van der Waals surface area contributed by atoms with E-state index in [2.05, 4.69) is 9.98 Å². The third-order valence-electron chi connectivity index (χ3n) is 7.34. The van der Waals surface area contributed by atoms with E-state index in [4.69, 9.17) is 8.83 Å². The quantitative estimate of drug-likeness (QED) is 0.512. The maximum Gasteiger partial charge on any atom is 0.168 e. The second kappa shape index (κ2) is 10.5. The number of rotatable bonds is 6. The molecule has 0 aliphatic heterocycles. The van der Waals surface area contributed by atoms with Gasteiger partial charge in [0, 0.05) is 49.9 Å². The monoisotopic (exact) mass is 490 g/mol. The largest absolute Gasteiger partial charge is 0.511 e. The smallest absolute Gasteiger partial charge is 0.168 e. The number of aliphatic imine (C=N–C) groups is 2. The lowest BCUT2D eigenvalue weighted by Crippen LogP contribution is -2.28. The third-order valence-corrected chi connectivity index (χ3v) is 7.34. The van der Waals surface area contributed by atoms with Crippen LogP contribution in [-0.2, 0) is 9.59 Å². The van der Waals surface area contributed by atoms with E-state index < -0.39 is 0 Å². The minimum Gasteiger partial charge on any atom is -0.511 e.